The van der Waals surface area contributed by atoms with Crippen molar-refractivity contribution in [1.29, 1.82) is 0 Å². The van der Waals surface area contributed by atoms with E-state index >= 15 is 0 Å². The van der Waals surface area contributed by atoms with Crippen LogP contribution in [0.3, 0.4) is 0 Å². The molecule has 0 amide bonds. The van der Waals surface area contributed by atoms with Crippen LogP contribution >= 0.6 is 23.1 Å². The molecule has 0 radical (unpaired) electrons. The maximum Gasteiger partial charge on any atom is 0.264 e. The third-order valence-electron chi connectivity index (χ3n) is 10.1. The minimum atomic E-state index is -4.48. The minimum absolute atomic E-state index is 0.00216. The second-order valence-electron chi connectivity index (χ2n) is 14.7. The van der Waals surface area contributed by atoms with E-state index in [1.54, 1.807) is 34.3 Å². The first-order valence-electron chi connectivity index (χ1n) is 20.5. The number of hydrogen-bond acceptors (Lipinski definition) is 13. The van der Waals surface area contributed by atoms with Gasteiger partial charge in [0.1, 0.15) is 10.5 Å². The second-order valence-corrected chi connectivity index (χ2v) is 19.9. The first-order valence-corrected chi connectivity index (χ1v) is 25.3. The summed E-state index contributed by atoms with van der Waals surface area (Å²) < 4.78 is 69.3. The van der Waals surface area contributed by atoms with E-state index in [4.69, 9.17) is 0 Å². The van der Waals surface area contributed by atoms with Crippen LogP contribution in [0.15, 0.2) is 191 Å². The Hall–Kier alpha value is -6.60. The van der Waals surface area contributed by atoms with E-state index in [1.807, 2.05) is 133 Å². The van der Waals surface area contributed by atoms with Gasteiger partial charge in [0.2, 0.25) is 17.1 Å². The molecule has 4 heterocycles. The van der Waals surface area contributed by atoms with E-state index in [0.717, 1.165) is 37.5 Å². The zero-order chi connectivity index (χ0) is 46.7. The molecule has 66 heavy (non-hydrogen) atoms. The molecule has 3 aromatic heterocycles. The Kier molecular flexibility index (Phi) is 15.5. The highest BCUT2D eigenvalue weighted by Crippen LogP contribution is 2.48. The molecule has 0 fully saturated rings. The fourth-order valence-electron chi connectivity index (χ4n) is 7.06. The lowest BCUT2D eigenvalue weighted by atomic mass is 10.1. The van der Waals surface area contributed by atoms with Crippen LogP contribution in [-0.4, -0.2) is 70.6 Å². The lowest BCUT2D eigenvalue weighted by Crippen LogP contribution is -2.36. The summed E-state index contributed by atoms with van der Waals surface area (Å²) in [5.74, 6) is -3.47. The van der Waals surface area contributed by atoms with Crippen molar-refractivity contribution in [3.8, 4) is 22.3 Å². The number of anilines is 1. The molecule has 2 N–H and O–H groups in total. The Morgan fingerprint density at radius 1 is 0.667 bits per heavy atom. The quantitative estimate of drug-likeness (QED) is 0.0511. The van der Waals surface area contributed by atoms with Crippen LogP contribution in [0.25, 0.3) is 38.5 Å². The molecule has 0 saturated heterocycles. The van der Waals surface area contributed by atoms with Crippen molar-refractivity contribution < 1.29 is 45.2 Å². The van der Waals surface area contributed by atoms with Gasteiger partial charge in [-0.05, 0) is 83.3 Å². The van der Waals surface area contributed by atoms with Crippen LogP contribution < -0.4 is 9.47 Å². The van der Waals surface area contributed by atoms with Gasteiger partial charge in [-0.15, -0.1) is 0 Å². The molecular formula is C49H42N4O9S4. The number of fused-ring (bicyclic) bond motifs is 2. The Labute approximate surface area is 390 Å². The summed E-state index contributed by atoms with van der Waals surface area (Å²) in [5, 5.41) is 12.4. The van der Waals surface area contributed by atoms with E-state index in [-0.39, 0.29) is 37.1 Å². The number of rotatable bonds is 12. The van der Waals surface area contributed by atoms with Gasteiger partial charge < -0.3 is 14.6 Å². The monoisotopic (exact) mass is 958 g/mol. The van der Waals surface area contributed by atoms with Gasteiger partial charge in [0.05, 0.1) is 37.7 Å². The predicted molar refractivity (Wildman–Crippen MR) is 257 cm³/mol. The number of thioether (sulfide) groups is 1. The third-order valence-corrected chi connectivity index (χ3v) is 13.9. The standard InChI is InChI=1S/C39H32N2O9S4.2C5H5N/c42-37-29(23-35-40(17-7-19-53(45,46)47)31-15-13-27(21-33(31)51-35)25-9-3-1-4-10-25)38(43)39(44)30(37)24-36-41(18-8-20-54(48,49)50)32-16-14-28(22-34(32)52-36)26-11-5-2-6-12-26;2*1-2-4-6-5-3-1/h1-6,9-16,21-24H,7-8,17-20H2,(H2-,42,43,44,45,46,47,48,49,50);2*1-5H. The number of carbonyl (C=O) groups is 2. The third kappa shape index (κ3) is 12.4. The second kappa shape index (κ2) is 21.6. The van der Waals surface area contributed by atoms with Crippen LogP contribution in [0.5, 0.6) is 0 Å². The highest BCUT2D eigenvalue weighted by atomic mass is 32.2. The van der Waals surface area contributed by atoms with Gasteiger partial charge in [-0.2, -0.15) is 13.0 Å². The number of thiazole rings is 1. The average molecular weight is 959 g/mol. The number of aliphatic hydroxyl groups excluding tert-OH is 1. The number of nitrogens with zero attached hydrogens (tertiary/aromatic N) is 4. The first-order chi connectivity index (χ1) is 31.8. The number of ketones is 2. The van der Waals surface area contributed by atoms with Gasteiger partial charge in [-0.25, -0.2) is 8.42 Å². The van der Waals surface area contributed by atoms with E-state index < -0.39 is 49.1 Å². The largest absolute Gasteiger partial charge is 0.748 e. The van der Waals surface area contributed by atoms with Crippen molar-refractivity contribution in [1.82, 2.24) is 9.97 Å². The highest BCUT2D eigenvalue weighted by molar-refractivity contribution is 8.03. The average Bonchev–Trinajstić information content (AvgIpc) is 3.92. The number of aliphatic hydroxyl groups is 1. The Balaban J connectivity index is 0.000000468. The summed E-state index contributed by atoms with van der Waals surface area (Å²) in [5.41, 5.74) is 4.78. The van der Waals surface area contributed by atoms with Crippen LogP contribution in [0.1, 0.15) is 17.8 Å². The molecule has 1 aliphatic carbocycles. The molecule has 1 aliphatic heterocycles. The van der Waals surface area contributed by atoms with Gasteiger partial charge in [0.25, 0.3) is 15.1 Å². The van der Waals surface area contributed by atoms with E-state index in [2.05, 4.69) is 9.97 Å². The molecule has 2 aliphatic rings. The summed E-state index contributed by atoms with van der Waals surface area (Å²) in [6, 6.07) is 42.3. The fraction of sp³-hybridized carbons (Fsp3) is 0.122. The van der Waals surface area contributed by atoms with Crippen LogP contribution in [0, 0.1) is 0 Å². The molecule has 0 bridgehead atoms. The van der Waals surface area contributed by atoms with Crippen molar-refractivity contribution in [2.24, 2.45) is 0 Å². The predicted octanol–water partition coefficient (Wildman–Crippen LogP) is 8.70. The number of allylic oxidation sites excluding steroid dienone is 3. The van der Waals surface area contributed by atoms with Gasteiger partial charge in [-0.1, -0.05) is 102 Å². The molecule has 0 unspecified atom stereocenters. The van der Waals surface area contributed by atoms with Crippen molar-refractivity contribution in [3.05, 3.63) is 191 Å². The molecule has 9 rings (SSSR count). The number of Topliss-reactive ketones (excluding diaryl/α,β-unsaturated/α-hetero) is 2. The summed E-state index contributed by atoms with van der Waals surface area (Å²) >= 11 is 2.58. The number of aryl methyl sites for hydroxylation is 1. The van der Waals surface area contributed by atoms with Gasteiger partial charge in [0, 0.05) is 60.5 Å². The minimum Gasteiger partial charge on any atom is -0.748 e. The molecule has 0 saturated carbocycles. The number of benzene rings is 4. The zero-order valence-corrected chi connectivity index (χ0v) is 38.3. The van der Waals surface area contributed by atoms with Crippen LogP contribution in [0.2, 0.25) is 0 Å². The molecule has 4 aromatic carbocycles. The molecular weight excluding hydrogens is 917 g/mol. The maximum atomic E-state index is 13.5. The van der Waals surface area contributed by atoms with E-state index in [1.165, 1.54) is 35.3 Å². The van der Waals surface area contributed by atoms with Crippen molar-refractivity contribution in [2.45, 2.75) is 24.3 Å². The smallest absolute Gasteiger partial charge is 0.264 e. The SMILES string of the molecule is O=C1C(=O)/C(=C\c2sc3cc(-c4ccccc4)ccc3[n+]2CCCS(=O)(=O)[O-])C(O)=C1/C=C1\Sc2cc(-c3ccccc3)ccc2N1CCCS(=O)(=O)O.c1ccncc1.c1ccncc1. The lowest BCUT2D eigenvalue weighted by Gasteiger charge is -2.20. The molecule has 336 valence electrons. The van der Waals surface area contributed by atoms with Gasteiger partial charge in [-0.3, -0.25) is 24.1 Å². The maximum absolute atomic E-state index is 13.5. The van der Waals surface area contributed by atoms with E-state index in [0.29, 0.717) is 15.6 Å². The van der Waals surface area contributed by atoms with Crippen molar-refractivity contribution >= 4 is 76.9 Å². The molecule has 0 atom stereocenters. The number of pyridine rings is 2. The van der Waals surface area contributed by atoms with Crippen LogP contribution in [0.4, 0.5) is 5.69 Å². The van der Waals surface area contributed by atoms with Crippen molar-refractivity contribution in [3.63, 3.8) is 0 Å². The van der Waals surface area contributed by atoms with Gasteiger partial charge >= 0.3 is 0 Å². The molecule has 0 spiro atoms. The number of hydrogen-bond donors (Lipinski definition) is 2. The number of carbonyl (C=O) groups excluding carboxylic acids is 2. The fourth-order valence-corrected chi connectivity index (χ4v) is 10.4. The zero-order valence-electron chi connectivity index (χ0n) is 35.1. The summed E-state index contributed by atoms with van der Waals surface area (Å²) in [6.07, 6.45) is 9.89. The van der Waals surface area contributed by atoms with Gasteiger partial charge in [0.15, 0.2) is 6.54 Å². The topological polar surface area (TPSA) is 199 Å². The normalized spacial score (nSPS) is 14.8. The highest BCUT2D eigenvalue weighted by Gasteiger charge is 2.38. The Bertz CT molecular complexity index is 3080. The summed E-state index contributed by atoms with van der Waals surface area (Å²) in [4.78, 5) is 37.2. The van der Waals surface area contributed by atoms with Crippen molar-refractivity contribution in [2.75, 3.05) is 23.0 Å². The Morgan fingerprint density at radius 2 is 1.24 bits per heavy atom. The molecule has 17 heteroatoms. The Morgan fingerprint density at radius 3 is 1.79 bits per heavy atom. The molecule has 7 aromatic rings. The first kappa shape index (κ1) is 47.4. The van der Waals surface area contributed by atoms with E-state index in [9.17, 15) is 40.6 Å². The summed E-state index contributed by atoms with van der Waals surface area (Å²) in [6.45, 7) is 0.272. The summed E-state index contributed by atoms with van der Waals surface area (Å²) in [7, 11) is -8.72. The number of aromatic nitrogens is 3. The lowest BCUT2D eigenvalue weighted by molar-refractivity contribution is -0.668. The van der Waals surface area contributed by atoms with Crippen LogP contribution in [-0.2, 0) is 36.4 Å². The molecule has 13 nitrogen and oxygen atoms in total.